The molecule has 8 nitrogen and oxygen atoms in total. The molecule has 0 aliphatic carbocycles. The van der Waals surface area contributed by atoms with Gasteiger partial charge in [0.25, 0.3) is 0 Å². The number of rotatable bonds is 3. The van der Waals surface area contributed by atoms with Crippen molar-refractivity contribution in [2.24, 2.45) is 0 Å². The van der Waals surface area contributed by atoms with E-state index in [-0.39, 0.29) is 6.09 Å². The van der Waals surface area contributed by atoms with Gasteiger partial charge in [0.2, 0.25) is 0 Å². The van der Waals surface area contributed by atoms with Crippen LogP contribution in [0.1, 0.15) is 85.2 Å². The number of carbonyl (C=O) groups excluding carboxylic acids is 2. The van der Waals surface area contributed by atoms with Crippen LogP contribution in [0.4, 0.5) is 10.5 Å². The number of piperazine rings is 1. The number of nitrogens with zero attached hydrogens (tertiary/aromatic N) is 2. The Balaban J connectivity index is 1.93. The van der Waals surface area contributed by atoms with Gasteiger partial charge in [0.1, 0.15) is 11.2 Å². The van der Waals surface area contributed by atoms with Crippen molar-refractivity contribution >= 4 is 30.3 Å². The fourth-order valence-electron chi connectivity index (χ4n) is 4.18. The van der Waals surface area contributed by atoms with Crippen LogP contribution < -0.4 is 10.4 Å². The first-order valence-electron chi connectivity index (χ1n) is 12.8. The van der Waals surface area contributed by atoms with E-state index in [1.165, 1.54) is 0 Å². The van der Waals surface area contributed by atoms with Crippen LogP contribution in [-0.2, 0) is 18.8 Å². The van der Waals surface area contributed by atoms with E-state index in [2.05, 4.69) is 4.90 Å². The highest BCUT2D eigenvalue weighted by Gasteiger charge is 2.52. The molecule has 0 radical (unpaired) electrons. The molecule has 1 amide bonds. The van der Waals surface area contributed by atoms with E-state index >= 15 is 0 Å². The van der Waals surface area contributed by atoms with Crippen molar-refractivity contribution in [1.82, 2.24) is 4.90 Å². The van der Waals surface area contributed by atoms with Crippen LogP contribution in [-0.4, -0.2) is 72.7 Å². The van der Waals surface area contributed by atoms with E-state index in [9.17, 15) is 9.59 Å². The minimum absolute atomic E-state index is 0.306. The Kier molecular flexibility index (Phi) is 7.52. The number of amides is 1. The van der Waals surface area contributed by atoms with Crippen molar-refractivity contribution in [3.05, 3.63) is 23.3 Å². The predicted octanol–water partition coefficient (Wildman–Crippen LogP) is 4.31. The van der Waals surface area contributed by atoms with Gasteiger partial charge < -0.3 is 28.6 Å². The van der Waals surface area contributed by atoms with Crippen molar-refractivity contribution in [3.63, 3.8) is 0 Å². The Bertz CT molecular complexity index is 985. The van der Waals surface area contributed by atoms with Gasteiger partial charge in [0.05, 0.1) is 16.8 Å². The Hall–Kier alpha value is -2.26. The summed E-state index contributed by atoms with van der Waals surface area (Å²) in [6.45, 7) is 23.5. The second kappa shape index (κ2) is 9.56. The van der Waals surface area contributed by atoms with E-state index in [1.54, 1.807) is 4.90 Å². The Morgan fingerprint density at radius 1 is 0.861 bits per heavy atom. The van der Waals surface area contributed by atoms with Crippen LogP contribution in [0.2, 0.25) is 0 Å². The van der Waals surface area contributed by atoms with Gasteiger partial charge >= 0.3 is 19.2 Å². The maximum absolute atomic E-state index is 13.1. The Labute approximate surface area is 216 Å². The molecular weight excluding hydrogens is 459 g/mol. The third-order valence-corrected chi connectivity index (χ3v) is 6.83. The highest BCUT2D eigenvalue weighted by Crippen LogP contribution is 2.37. The molecule has 0 N–H and O–H groups in total. The minimum atomic E-state index is -0.619. The number of benzene rings is 1. The van der Waals surface area contributed by atoms with Gasteiger partial charge in [0, 0.05) is 31.9 Å². The number of anilines is 1. The number of hydrogen-bond acceptors (Lipinski definition) is 7. The van der Waals surface area contributed by atoms with E-state index in [0.29, 0.717) is 31.7 Å². The fraction of sp³-hybridized carbons (Fsp3) is 0.704. The highest BCUT2D eigenvalue weighted by molar-refractivity contribution is 6.63. The number of hydrogen-bond donors (Lipinski definition) is 0. The fourth-order valence-corrected chi connectivity index (χ4v) is 4.18. The van der Waals surface area contributed by atoms with Crippen molar-refractivity contribution in [3.8, 4) is 0 Å². The summed E-state index contributed by atoms with van der Waals surface area (Å²) in [5, 5.41) is 0. The molecule has 2 fully saturated rings. The second-order valence-electron chi connectivity index (χ2n) is 12.8. The molecule has 1 aromatic carbocycles. The Morgan fingerprint density at radius 2 is 1.36 bits per heavy atom. The van der Waals surface area contributed by atoms with E-state index in [0.717, 1.165) is 16.7 Å². The highest BCUT2D eigenvalue weighted by atomic mass is 16.7. The maximum atomic E-state index is 13.1. The molecule has 2 aliphatic rings. The summed E-state index contributed by atoms with van der Waals surface area (Å²) in [5.74, 6) is -0.395. The molecule has 2 saturated heterocycles. The summed E-state index contributed by atoms with van der Waals surface area (Å²) in [4.78, 5) is 29.6. The largest absolute Gasteiger partial charge is 0.495 e. The van der Waals surface area contributed by atoms with Crippen molar-refractivity contribution in [2.75, 3.05) is 31.1 Å². The summed E-state index contributed by atoms with van der Waals surface area (Å²) in [6.07, 6.45) is -0.306. The Morgan fingerprint density at radius 3 is 1.83 bits per heavy atom. The lowest BCUT2D eigenvalue weighted by molar-refractivity contribution is 0.00578. The zero-order valence-corrected chi connectivity index (χ0v) is 23.9. The number of ether oxygens (including phenoxy) is 2. The van der Waals surface area contributed by atoms with Gasteiger partial charge in [-0.3, -0.25) is 0 Å². The zero-order valence-electron chi connectivity index (χ0n) is 23.9. The van der Waals surface area contributed by atoms with Crippen molar-refractivity contribution < 1.29 is 28.4 Å². The van der Waals surface area contributed by atoms with E-state index in [1.807, 2.05) is 88.3 Å². The SMILES string of the molecule is Cc1c(B2OC(C)(C)C(C)(C)O2)cc(C(=O)OC(C)(C)C)cc1N1CCN(C(=O)OC(C)(C)C)CC1. The summed E-state index contributed by atoms with van der Waals surface area (Å²) < 4.78 is 23.9. The van der Waals surface area contributed by atoms with Crippen molar-refractivity contribution in [2.45, 2.75) is 98.6 Å². The van der Waals surface area contributed by atoms with Gasteiger partial charge in [-0.2, -0.15) is 0 Å². The first-order valence-corrected chi connectivity index (χ1v) is 12.8. The van der Waals surface area contributed by atoms with E-state index in [4.69, 9.17) is 18.8 Å². The molecule has 0 aromatic heterocycles. The van der Waals surface area contributed by atoms with Crippen LogP contribution in [0.5, 0.6) is 0 Å². The van der Waals surface area contributed by atoms with E-state index < -0.39 is 35.5 Å². The summed E-state index contributed by atoms with van der Waals surface area (Å²) in [5.41, 5.74) is 0.969. The molecule has 1 aromatic rings. The summed E-state index contributed by atoms with van der Waals surface area (Å²) >= 11 is 0. The van der Waals surface area contributed by atoms with Gasteiger partial charge in [-0.15, -0.1) is 0 Å². The average Bonchev–Trinajstić information content (AvgIpc) is 2.92. The molecule has 9 heteroatoms. The molecule has 2 aliphatic heterocycles. The quantitative estimate of drug-likeness (QED) is 0.450. The monoisotopic (exact) mass is 502 g/mol. The van der Waals surface area contributed by atoms with Crippen LogP contribution in [0, 0.1) is 6.92 Å². The average molecular weight is 502 g/mol. The van der Waals surface area contributed by atoms with Crippen LogP contribution in [0.3, 0.4) is 0 Å². The molecule has 0 bridgehead atoms. The van der Waals surface area contributed by atoms with Gasteiger partial charge in [-0.05, 0) is 99.3 Å². The van der Waals surface area contributed by atoms with Crippen LogP contribution in [0.15, 0.2) is 12.1 Å². The van der Waals surface area contributed by atoms with Crippen molar-refractivity contribution in [1.29, 1.82) is 0 Å². The molecule has 0 atom stereocenters. The molecule has 0 spiro atoms. The molecule has 36 heavy (non-hydrogen) atoms. The lowest BCUT2D eigenvalue weighted by atomic mass is 9.74. The second-order valence-corrected chi connectivity index (χ2v) is 12.8. The minimum Gasteiger partial charge on any atom is -0.456 e. The van der Waals surface area contributed by atoms with Gasteiger partial charge in [-0.25, -0.2) is 9.59 Å². The predicted molar refractivity (Wildman–Crippen MR) is 142 cm³/mol. The first kappa shape index (κ1) is 28.3. The zero-order chi connectivity index (χ0) is 27.3. The third-order valence-electron chi connectivity index (χ3n) is 6.83. The number of carbonyl (C=O) groups is 2. The molecule has 3 rings (SSSR count). The molecule has 0 saturated carbocycles. The first-order chi connectivity index (χ1) is 16.3. The topological polar surface area (TPSA) is 77.5 Å². The molecule has 0 unspecified atom stereocenters. The normalized spacial score (nSPS) is 19.9. The number of esters is 1. The maximum Gasteiger partial charge on any atom is 0.495 e. The van der Waals surface area contributed by atoms with Crippen LogP contribution in [0.25, 0.3) is 0 Å². The van der Waals surface area contributed by atoms with Gasteiger partial charge in [0.15, 0.2) is 0 Å². The molecular formula is C27H43BN2O6. The molecule has 200 valence electrons. The lowest BCUT2D eigenvalue weighted by Crippen LogP contribution is -2.50. The molecule has 2 heterocycles. The lowest BCUT2D eigenvalue weighted by Gasteiger charge is -2.38. The summed E-state index contributed by atoms with van der Waals surface area (Å²) in [6, 6.07) is 3.70. The smallest absolute Gasteiger partial charge is 0.456 e. The standard InChI is InChI=1S/C27H43BN2O6/c1-18-20(28-35-26(8,9)27(10,11)36-28)16-19(22(31)33-24(2,3)4)17-21(18)29-12-14-30(15-13-29)23(32)34-25(5,6)7/h16-17H,12-15H2,1-11H3. The third kappa shape index (κ3) is 6.35. The van der Waals surface area contributed by atoms with Crippen LogP contribution >= 0.6 is 0 Å². The summed E-state index contributed by atoms with van der Waals surface area (Å²) in [7, 11) is -0.612. The van der Waals surface area contributed by atoms with Gasteiger partial charge in [-0.1, -0.05) is 0 Å².